The molecule has 6 heteroatoms. The summed E-state index contributed by atoms with van der Waals surface area (Å²) in [6, 6.07) is 0. The standard InChI is InChI=1S/3C3H7O.3Al/c3*1-3(2)4;;;/h3*3H,1-2H3;;;/q3*-1;3*+3. The molecular weight excluding hydrogens is 237 g/mol. The zero-order valence-electron chi connectivity index (χ0n) is 10.7. The van der Waals surface area contributed by atoms with Crippen LogP contribution in [0.15, 0.2) is 0 Å². The van der Waals surface area contributed by atoms with Crippen molar-refractivity contribution >= 4 is 52.1 Å². The van der Waals surface area contributed by atoms with Crippen molar-refractivity contribution in [1.29, 1.82) is 0 Å². The van der Waals surface area contributed by atoms with Gasteiger partial charge < -0.3 is 15.3 Å². The monoisotopic (exact) mass is 258 g/mol. The minimum absolute atomic E-state index is 0. The molecule has 3 nitrogen and oxygen atoms in total. The molecule has 0 rings (SSSR count). The van der Waals surface area contributed by atoms with Crippen LogP contribution in [-0.4, -0.2) is 70.4 Å². The molecule has 0 amide bonds. The van der Waals surface area contributed by atoms with E-state index in [1.165, 1.54) is 0 Å². The Morgan fingerprint density at radius 3 is 0.467 bits per heavy atom. The van der Waals surface area contributed by atoms with Gasteiger partial charge in [0.2, 0.25) is 0 Å². The molecule has 0 aliphatic rings. The first-order valence-corrected chi connectivity index (χ1v) is 4.17. The molecule has 0 heterocycles. The normalized spacial score (nSPS) is 7.20. The van der Waals surface area contributed by atoms with E-state index in [9.17, 15) is 15.3 Å². The van der Waals surface area contributed by atoms with E-state index in [0.29, 0.717) is 0 Å². The van der Waals surface area contributed by atoms with E-state index >= 15 is 0 Å². The molecular formula is C9H21Al3O3+6. The molecule has 0 unspecified atom stereocenters. The summed E-state index contributed by atoms with van der Waals surface area (Å²) in [5, 5.41) is 28.6. The molecule has 0 saturated heterocycles. The van der Waals surface area contributed by atoms with Crippen LogP contribution in [0, 0.1) is 0 Å². The second-order valence-electron chi connectivity index (χ2n) is 3.15. The SMILES string of the molecule is CC(C)[O-].CC(C)[O-].CC(C)[O-].[Al+3].[Al+3].[Al+3]. The van der Waals surface area contributed by atoms with Gasteiger partial charge in [-0.05, 0) is 0 Å². The van der Waals surface area contributed by atoms with Crippen LogP contribution in [0.3, 0.4) is 0 Å². The molecule has 0 saturated carbocycles. The molecule has 0 fully saturated rings. The average molecular weight is 258 g/mol. The Bertz CT molecular complexity index is 49.1. The second-order valence-corrected chi connectivity index (χ2v) is 3.15. The van der Waals surface area contributed by atoms with Crippen LogP contribution in [0.2, 0.25) is 0 Å². The van der Waals surface area contributed by atoms with Crippen LogP contribution in [0.4, 0.5) is 0 Å². The Hall–Kier alpha value is 1.48. The predicted octanol–water partition coefficient (Wildman–Crippen LogP) is -1.88. The zero-order chi connectivity index (χ0) is 10.7. The number of hydrogen-bond acceptors (Lipinski definition) is 3. The summed E-state index contributed by atoms with van der Waals surface area (Å²) in [4.78, 5) is 0. The Kier molecular flexibility index (Phi) is 70.8. The summed E-state index contributed by atoms with van der Waals surface area (Å²) in [7, 11) is 0. The molecule has 0 aromatic carbocycles. The molecule has 15 heavy (non-hydrogen) atoms. The van der Waals surface area contributed by atoms with Gasteiger partial charge in [-0.15, -0.1) is 18.3 Å². The van der Waals surface area contributed by atoms with Crippen LogP contribution in [0.1, 0.15) is 41.5 Å². The molecule has 0 radical (unpaired) electrons. The third-order valence-electron chi connectivity index (χ3n) is 0. The Labute approximate surface area is 127 Å². The fourth-order valence-corrected chi connectivity index (χ4v) is 0. The minimum Gasteiger partial charge on any atom is -0.852 e. The summed E-state index contributed by atoms with van der Waals surface area (Å²) < 4.78 is 0. The van der Waals surface area contributed by atoms with Gasteiger partial charge in [-0.2, -0.15) is 0 Å². The molecule has 0 aliphatic heterocycles. The maximum Gasteiger partial charge on any atom is 3.00 e. The van der Waals surface area contributed by atoms with Crippen LogP contribution >= 0.6 is 0 Å². The number of hydrogen-bond donors (Lipinski definition) is 0. The molecule has 0 N–H and O–H groups in total. The third-order valence-corrected chi connectivity index (χ3v) is 0. The fraction of sp³-hybridized carbons (Fsp3) is 1.00. The van der Waals surface area contributed by atoms with Gasteiger partial charge in [0, 0.05) is 0 Å². The molecule has 0 aromatic rings. The van der Waals surface area contributed by atoms with E-state index < -0.39 is 18.3 Å². The van der Waals surface area contributed by atoms with Gasteiger partial charge in [0.1, 0.15) is 0 Å². The summed E-state index contributed by atoms with van der Waals surface area (Å²) in [5.41, 5.74) is 0. The summed E-state index contributed by atoms with van der Waals surface area (Å²) >= 11 is 0. The maximum absolute atomic E-state index is 9.53. The minimum atomic E-state index is -0.417. The first kappa shape index (κ1) is 36.0. The first-order valence-electron chi connectivity index (χ1n) is 4.17. The van der Waals surface area contributed by atoms with Crippen molar-refractivity contribution in [2.75, 3.05) is 0 Å². The van der Waals surface area contributed by atoms with E-state index in [0.717, 1.165) is 0 Å². The Morgan fingerprint density at radius 1 is 0.467 bits per heavy atom. The van der Waals surface area contributed by atoms with Gasteiger partial charge in [0.25, 0.3) is 0 Å². The van der Waals surface area contributed by atoms with Gasteiger partial charge in [-0.3, -0.25) is 0 Å². The predicted molar refractivity (Wildman–Crippen MR) is 62.7 cm³/mol. The van der Waals surface area contributed by atoms with Gasteiger partial charge in [-0.25, -0.2) is 0 Å². The van der Waals surface area contributed by atoms with Crippen molar-refractivity contribution in [2.45, 2.75) is 59.9 Å². The quantitative estimate of drug-likeness (QED) is 0.478. The van der Waals surface area contributed by atoms with E-state index in [2.05, 4.69) is 0 Å². The van der Waals surface area contributed by atoms with Gasteiger partial charge in [0.05, 0.1) is 0 Å². The van der Waals surface area contributed by atoms with Gasteiger partial charge in [-0.1, -0.05) is 41.5 Å². The summed E-state index contributed by atoms with van der Waals surface area (Å²) in [6.45, 7) is 9.67. The van der Waals surface area contributed by atoms with Crippen LogP contribution < -0.4 is 15.3 Å². The van der Waals surface area contributed by atoms with Crippen molar-refractivity contribution in [3.8, 4) is 0 Å². The van der Waals surface area contributed by atoms with E-state index in [1.54, 1.807) is 41.5 Å². The summed E-state index contributed by atoms with van der Waals surface area (Å²) in [5.74, 6) is 0. The van der Waals surface area contributed by atoms with Crippen molar-refractivity contribution in [3.63, 3.8) is 0 Å². The Balaban J connectivity index is -0.0000000184. The zero-order valence-corrected chi connectivity index (χ0v) is 14.2. The van der Waals surface area contributed by atoms with Crippen molar-refractivity contribution in [3.05, 3.63) is 0 Å². The average Bonchev–Trinajstić information content (AvgIpc) is 1.54. The van der Waals surface area contributed by atoms with Crippen molar-refractivity contribution in [2.24, 2.45) is 0 Å². The molecule has 0 aliphatic carbocycles. The van der Waals surface area contributed by atoms with Gasteiger partial charge >= 0.3 is 52.1 Å². The smallest absolute Gasteiger partial charge is 0.852 e. The topological polar surface area (TPSA) is 69.2 Å². The Morgan fingerprint density at radius 2 is 0.467 bits per heavy atom. The van der Waals surface area contributed by atoms with Crippen molar-refractivity contribution < 1.29 is 15.3 Å². The van der Waals surface area contributed by atoms with Crippen LogP contribution in [0.5, 0.6) is 0 Å². The van der Waals surface area contributed by atoms with Crippen molar-refractivity contribution in [1.82, 2.24) is 0 Å². The van der Waals surface area contributed by atoms with E-state index in [1.807, 2.05) is 0 Å². The van der Waals surface area contributed by atoms with Crippen LogP contribution in [0.25, 0.3) is 0 Å². The second kappa shape index (κ2) is 29.6. The molecule has 0 bridgehead atoms. The molecule has 0 spiro atoms. The first-order chi connectivity index (χ1) is 5.20. The largest absolute Gasteiger partial charge is 3.00 e. The number of rotatable bonds is 0. The maximum atomic E-state index is 9.53. The van der Waals surface area contributed by atoms with E-state index in [-0.39, 0.29) is 52.1 Å². The molecule has 78 valence electrons. The van der Waals surface area contributed by atoms with Crippen LogP contribution in [-0.2, 0) is 0 Å². The molecule has 0 atom stereocenters. The third kappa shape index (κ3) is 1290. The van der Waals surface area contributed by atoms with Gasteiger partial charge in [0.15, 0.2) is 0 Å². The molecule has 0 aromatic heterocycles. The summed E-state index contributed by atoms with van der Waals surface area (Å²) in [6.07, 6.45) is -1.25. The van der Waals surface area contributed by atoms with E-state index in [4.69, 9.17) is 0 Å². The fourth-order valence-electron chi connectivity index (χ4n) is 0.